The molecule has 1 aromatic carbocycles. The number of nitrogens with zero attached hydrogens (tertiary/aromatic N) is 2. The molecule has 1 aliphatic carbocycles. The molecule has 0 bridgehead atoms. The van der Waals surface area contributed by atoms with E-state index in [0.717, 1.165) is 11.0 Å². The van der Waals surface area contributed by atoms with Gasteiger partial charge in [-0.1, -0.05) is 18.6 Å². The fraction of sp³-hybridized carbons (Fsp3) is 0.467. The zero-order valence-corrected chi connectivity index (χ0v) is 12.3. The second-order valence-electron chi connectivity index (χ2n) is 5.79. The summed E-state index contributed by atoms with van der Waals surface area (Å²) in [4.78, 5) is 16.2. The standard InChI is InChI=1S/C15H17F3N4O/c16-15(17,18)10-4-3-5-11(8-10)20-14(23)21-22-9-19-12-6-1-2-7-13(12)22/h1-2,6-7,9-11H,3-5,8H2,(H2,20,21,23)/t10-,11+/m1/s1. The van der Waals surface area contributed by atoms with Gasteiger partial charge in [-0.3, -0.25) is 0 Å². The molecule has 0 radical (unpaired) electrons. The molecular formula is C15H17F3N4O. The highest BCUT2D eigenvalue weighted by atomic mass is 19.4. The van der Waals surface area contributed by atoms with Crippen LogP contribution in [0.1, 0.15) is 25.7 Å². The molecular weight excluding hydrogens is 309 g/mol. The molecule has 0 aliphatic heterocycles. The van der Waals surface area contributed by atoms with Crippen LogP contribution in [-0.4, -0.2) is 27.9 Å². The number of urea groups is 1. The molecule has 124 valence electrons. The van der Waals surface area contributed by atoms with Crippen molar-refractivity contribution in [2.75, 3.05) is 5.43 Å². The van der Waals surface area contributed by atoms with Crippen LogP contribution >= 0.6 is 0 Å². The van der Waals surface area contributed by atoms with E-state index < -0.39 is 24.2 Å². The molecule has 23 heavy (non-hydrogen) atoms. The van der Waals surface area contributed by atoms with Crippen LogP contribution in [0.25, 0.3) is 11.0 Å². The van der Waals surface area contributed by atoms with Crippen molar-refractivity contribution >= 4 is 17.1 Å². The Hall–Kier alpha value is -2.25. The lowest BCUT2D eigenvalue weighted by atomic mass is 9.85. The minimum atomic E-state index is -4.20. The van der Waals surface area contributed by atoms with E-state index >= 15 is 0 Å². The van der Waals surface area contributed by atoms with Crippen LogP contribution in [0, 0.1) is 5.92 Å². The number of alkyl halides is 3. The number of para-hydroxylation sites is 2. The molecule has 2 amide bonds. The molecule has 8 heteroatoms. The van der Waals surface area contributed by atoms with Crippen LogP contribution in [0.2, 0.25) is 0 Å². The van der Waals surface area contributed by atoms with Crippen LogP contribution in [0.4, 0.5) is 18.0 Å². The van der Waals surface area contributed by atoms with E-state index in [9.17, 15) is 18.0 Å². The zero-order chi connectivity index (χ0) is 16.4. The van der Waals surface area contributed by atoms with E-state index in [1.54, 1.807) is 12.1 Å². The summed E-state index contributed by atoms with van der Waals surface area (Å²) in [5, 5.41) is 2.63. The number of halogens is 3. The number of benzene rings is 1. The van der Waals surface area contributed by atoms with Crippen LogP contribution in [-0.2, 0) is 0 Å². The van der Waals surface area contributed by atoms with Gasteiger partial charge in [0.2, 0.25) is 0 Å². The van der Waals surface area contributed by atoms with Gasteiger partial charge in [0, 0.05) is 6.04 Å². The van der Waals surface area contributed by atoms with Crippen molar-refractivity contribution in [3.63, 3.8) is 0 Å². The molecule has 2 atom stereocenters. The van der Waals surface area contributed by atoms with E-state index in [1.807, 2.05) is 12.1 Å². The van der Waals surface area contributed by atoms with Gasteiger partial charge < -0.3 is 5.32 Å². The molecule has 1 aromatic heterocycles. The van der Waals surface area contributed by atoms with Crippen LogP contribution in [0.3, 0.4) is 0 Å². The number of hydrogen-bond acceptors (Lipinski definition) is 2. The lowest BCUT2D eigenvalue weighted by Gasteiger charge is -2.31. The predicted octanol–water partition coefficient (Wildman–Crippen LogP) is 3.41. The van der Waals surface area contributed by atoms with Crippen molar-refractivity contribution in [3.05, 3.63) is 30.6 Å². The van der Waals surface area contributed by atoms with Gasteiger partial charge in [-0.25, -0.2) is 19.9 Å². The Labute approximate surface area is 130 Å². The first kappa shape index (κ1) is 15.6. The Bertz CT molecular complexity index is 697. The van der Waals surface area contributed by atoms with Gasteiger partial charge in [0.15, 0.2) is 0 Å². The highest BCUT2D eigenvalue weighted by Gasteiger charge is 2.42. The third-order valence-electron chi connectivity index (χ3n) is 4.15. The number of carbonyl (C=O) groups is 1. The Morgan fingerprint density at radius 3 is 2.83 bits per heavy atom. The van der Waals surface area contributed by atoms with Gasteiger partial charge >= 0.3 is 12.2 Å². The Balaban J connectivity index is 1.61. The predicted molar refractivity (Wildman–Crippen MR) is 79.4 cm³/mol. The number of hydrogen-bond donors (Lipinski definition) is 2. The molecule has 0 spiro atoms. The van der Waals surface area contributed by atoms with E-state index in [1.165, 1.54) is 11.0 Å². The SMILES string of the molecule is O=C(N[C@H]1CCC[C@@H](C(F)(F)F)C1)Nn1cnc2ccccc21. The summed E-state index contributed by atoms with van der Waals surface area (Å²) < 4.78 is 39.8. The summed E-state index contributed by atoms with van der Waals surface area (Å²) >= 11 is 0. The number of carbonyl (C=O) groups excluding carboxylic acids is 1. The smallest absolute Gasteiger partial charge is 0.334 e. The maximum absolute atomic E-state index is 12.8. The molecule has 5 nitrogen and oxygen atoms in total. The second kappa shape index (κ2) is 6.10. The maximum atomic E-state index is 12.8. The summed E-state index contributed by atoms with van der Waals surface area (Å²) in [5.41, 5.74) is 4.04. The fourth-order valence-corrected chi connectivity index (χ4v) is 2.99. The van der Waals surface area contributed by atoms with Gasteiger partial charge in [0.25, 0.3) is 0 Å². The van der Waals surface area contributed by atoms with Gasteiger partial charge in [0.05, 0.1) is 17.0 Å². The quantitative estimate of drug-likeness (QED) is 0.888. The molecule has 2 aromatic rings. The van der Waals surface area contributed by atoms with E-state index in [0.29, 0.717) is 12.8 Å². The van der Waals surface area contributed by atoms with Crippen molar-refractivity contribution in [2.24, 2.45) is 5.92 Å². The van der Waals surface area contributed by atoms with Crippen LogP contribution < -0.4 is 10.7 Å². The highest BCUT2D eigenvalue weighted by molar-refractivity contribution is 5.85. The van der Waals surface area contributed by atoms with E-state index in [4.69, 9.17) is 0 Å². The summed E-state index contributed by atoms with van der Waals surface area (Å²) in [6, 6.07) is 6.25. The Morgan fingerprint density at radius 1 is 1.26 bits per heavy atom. The molecule has 3 rings (SSSR count). The maximum Gasteiger partial charge on any atom is 0.391 e. The Morgan fingerprint density at radius 2 is 2.04 bits per heavy atom. The first-order valence-corrected chi connectivity index (χ1v) is 7.50. The van der Waals surface area contributed by atoms with Crippen molar-refractivity contribution in [2.45, 2.75) is 37.9 Å². The van der Waals surface area contributed by atoms with Gasteiger partial charge in [-0.2, -0.15) is 13.2 Å². The molecule has 0 unspecified atom stereocenters. The minimum absolute atomic E-state index is 0.0679. The number of fused-ring (bicyclic) bond motifs is 1. The summed E-state index contributed by atoms with van der Waals surface area (Å²) in [6.45, 7) is 0. The lowest BCUT2D eigenvalue weighted by molar-refractivity contribution is -0.183. The largest absolute Gasteiger partial charge is 0.391 e. The van der Waals surface area contributed by atoms with Gasteiger partial charge in [0.1, 0.15) is 6.33 Å². The molecule has 2 N–H and O–H groups in total. The summed E-state index contributed by atoms with van der Waals surface area (Å²) in [7, 11) is 0. The molecule has 1 saturated carbocycles. The average molecular weight is 326 g/mol. The van der Waals surface area contributed by atoms with Crippen LogP contribution in [0.5, 0.6) is 0 Å². The number of imidazole rings is 1. The number of rotatable bonds is 2. The lowest BCUT2D eigenvalue weighted by Crippen LogP contribution is -2.44. The van der Waals surface area contributed by atoms with Crippen molar-refractivity contribution in [3.8, 4) is 0 Å². The normalized spacial score (nSPS) is 22.0. The third-order valence-corrected chi connectivity index (χ3v) is 4.15. The molecule has 1 aliphatic rings. The molecule has 1 heterocycles. The highest BCUT2D eigenvalue weighted by Crippen LogP contribution is 2.37. The average Bonchev–Trinajstić information content (AvgIpc) is 2.90. The zero-order valence-electron chi connectivity index (χ0n) is 12.3. The monoisotopic (exact) mass is 326 g/mol. The topological polar surface area (TPSA) is 59.0 Å². The van der Waals surface area contributed by atoms with Crippen molar-refractivity contribution in [1.82, 2.24) is 15.0 Å². The molecule has 0 saturated heterocycles. The Kier molecular flexibility index (Phi) is 4.14. The van der Waals surface area contributed by atoms with E-state index in [-0.39, 0.29) is 12.8 Å². The second-order valence-corrected chi connectivity index (χ2v) is 5.79. The summed E-state index contributed by atoms with van der Waals surface area (Å²) in [6.07, 6.45) is -1.65. The van der Waals surface area contributed by atoms with Gasteiger partial charge in [-0.05, 0) is 31.4 Å². The van der Waals surface area contributed by atoms with Crippen molar-refractivity contribution in [1.29, 1.82) is 0 Å². The first-order chi connectivity index (χ1) is 10.9. The number of amides is 2. The number of aromatic nitrogens is 2. The fourth-order valence-electron chi connectivity index (χ4n) is 2.99. The third kappa shape index (κ3) is 3.57. The molecule has 1 fully saturated rings. The van der Waals surface area contributed by atoms with Crippen LogP contribution in [0.15, 0.2) is 30.6 Å². The van der Waals surface area contributed by atoms with E-state index in [2.05, 4.69) is 15.7 Å². The van der Waals surface area contributed by atoms with Gasteiger partial charge in [-0.15, -0.1) is 0 Å². The minimum Gasteiger partial charge on any atom is -0.334 e. The van der Waals surface area contributed by atoms with Crippen molar-refractivity contribution < 1.29 is 18.0 Å². The first-order valence-electron chi connectivity index (χ1n) is 7.50. The summed E-state index contributed by atoms with van der Waals surface area (Å²) in [5.74, 6) is -1.34. The number of nitrogens with one attached hydrogen (secondary N) is 2.